The Kier molecular flexibility index (Phi) is 3.26. The van der Waals surface area contributed by atoms with Crippen LogP contribution in [0.25, 0.3) is 0 Å². The third kappa shape index (κ3) is 2.19. The summed E-state index contributed by atoms with van der Waals surface area (Å²) in [7, 11) is 0. The number of hydrogen-bond acceptors (Lipinski definition) is 3. The molecule has 2 aliphatic rings. The molecule has 1 saturated carbocycles. The molecule has 1 aliphatic carbocycles. The van der Waals surface area contributed by atoms with E-state index in [2.05, 4.69) is 10.4 Å². The molecule has 1 N–H and O–H groups in total. The molecule has 2 fully saturated rings. The summed E-state index contributed by atoms with van der Waals surface area (Å²) >= 11 is 0. The zero-order valence-corrected chi connectivity index (χ0v) is 11.2. The van der Waals surface area contributed by atoms with Gasteiger partial charge in [0.25, 0.3) is 5.91 Å². The first-order valence-corrected chi connectivity index (χ1v) is 6.97. The second-order valence-electron chi connectivity index (χ2n) is 5.35. The number of rotatable bonds is 2. The maximum absolute atomic E-state index is 12.4. The van der Waals surface area contributed by atoms with Gasteiger partial charge in [0, 0.05) is 0 Å². The van der Waals surface area contributed by atoms with Gasteiger partial charge in [-0.25, -0.2) is 4.79 Å². The Morgan fingerprint density at radius 1 is 1.10 bits per heavy atom. The number of amides is 3. The molecule has 0 atom stereocenters. The topological polar surface area (TPSA) is 61.8 Å². The van der Waals surface area contributed by atoms with E-state index in [0.29, 0.717) is 0 Å². The van der Waals surface area contributed by atoms with Crippen LogP contribution in [0.4, 0.5) is 4.79 Å². The third-order valence-electron chi connectivity index (χ3n) is 3.97. The number of urea groups is 1. The van der Waals surface area contributed by atoms with Crippen LogP contribution in [0.15, 0.2) is 35.4 Å². The van der Waals surface area contributed by atoms with Crippen LogP contribution in [0.1, 0.15) is 37.7 Å². The quantitative estimate of drug-likeness (QED) is 0.662. The van der Waals surface area contributed by atoms with Crippen molar-refractivity contribution in [3.63, 3.8) is 0 Å². The molecule has 0 radical (unpaired) electrons. The van der Waals surface area contributed by atoms with E-state index in [1.807, 2.05) is 30.3 Å². The Hall–Kier alpha value is -2.17. The summed E-state index contributed by atoms with van der Waals surface area (Å²) in [5.74, 6) is -0.214. The molecule has 1 aromatic carbocycles. The van der Waals surface area contributed by atoms with Gasteiger partial charge in [-0.05, 0) is 18.4 Å². The fourth-order valence-corrected chi connectivity index (χ4v) is 2.87. The minimum Gasteiger partial charge on any atom is -0.321 e. The molecular formula is C15H17N3O2. The lowest BCUT2D eigenvalue weighted by Gasteiger charge is -2.29. The Bertz CT molecular complexity index is 547. The number of carbonyl (C=O) groups excluding carboxylic acids is 2. The fraction of sp³-hybridized carbons (Fsp3) is 0.400. The van der Waals surface area contributed by atoms with Crippen LogP contribution in [-0.4, -0.2) is 28.7 Å². The summed E-state index contributed by atoms with van der Waals surface area (Å²) in [4.78, 5) is 24.4. The van der Waals surface area contributed by atoms with Crippen molar-refractivity contribution >= 4 is 18.2 Å². The van der Waals surface area contributed by atoms with E-state index in [0.717, 1.165) is 42.7 Å². The van der Waals surface area contributed by atoms with E-state index in [-0.39, 0.29) is 5.91 Å². The summed E-state index contributed by atoms with van der Waals surface area (Å²) in [6, 6.07) is 9.01. The van der Waals surface area contributed by atoms with Crippen molar-refractivity contribution in [3.8, 4) is 0 Å². The van der Waals surface area contributed by atoms with Gasteiger partial charge in [0.2, 0.25) is 0 Å². The van der Waals surface area contributed by atoms with Crippen molar-refractivity contribution in [2.24, 2.45) is 5.10 Å². The molecule has 1 aromatic rings. The molecule has 5 heteroatoms. The highest BCUT2D eigenvalue weighted by molar-refractivity contribution is 6.07. The number of benzene rings is 1. The van der Waals surface area contributed by atoms with Crippen LogP contribution in [0.3, 0.4) is 0 Å². The Morgan fingerprint density at radius 2 is 1.80 bits per heavy atom. The SMILES string of the molecule is O=C1NC2(CCCCC2)C(=O)N1/N=C/c1ccccc1. The lowest BCUT2D eigenvalue weighted by molar-refractivity contribution is -0.132. The third-order valence-corrected chi connectivity index (χ3v) is 3.97. The molecule has 5 nitrogen and oxygen atoms in total. The zero-order chi connectivity index (χ0) is 14.0. The number of imide groups is 1. The van der Waals surface area contributed by atoms with Gasteiger partial charge in [-0.2, -0.15) is 5.10 Å². The maximum atomic E-state index is 12.4. The predicted molar refractivity (Wildman–Crippen MR) is 75.2 cm³/mol. The normalized spacial score (nSPS) is 21.7. The maximum Gasteiger partial charge on any atom is 0.346 e. The summed E-state index contributed by atoms with van der Waals surface area (Å²) in [6.07, 6.45) is 6.05. The van der Waals surface area contributed by atoms with Crippen molar-refractivity contribution in [1.29, 1.82) is 0 Å². The summed E-state index contributed by atoms with van der Waals surface area (Å²) in [5, 5.41) is 7.85. The molecule has 0 bridgehead atoms. The molecule has 1 spiro atoms. The first-order valence-electron chi connectivity index (χ1n) is 6.97. The van der Waals surface area contributed by atoms with Crippen molar-refractivity contribution in [3.05, 3.63) is 35.9 Å². The average Bonchev–Trinajstić information content (AvgIpc) is 2.70. The number of hydrogen-bond donors (Lipinski definition) is 1. The van der Waals surface area contributed by atoms with Gasteiger partial charge < -0.3 is 5.32 Å². The fourth-order valence-electron chi connectivity index (χ4n) is 2.87. The summed E-state index contributed by atoms with van der Waals surface area (Å²) in [5.41, 5.74) is 0.154. The molecule has 3 rings (SSSR count). The highest BCUT2D eigenvalue weighted by Gasteiger charge is 2.51. The Balaban J connectivity index is 1.79. The van der Waals surface area contributed by atoms with Crippen LogP contribution >= 0.6 is 0 Å². The van der Waals surface area contributed by atoms with Crippen molar-refractivity contribution < 1.29 is 9.59 Å². The second kappa shape index (κ2) is 5.07. The van der Waals surface area contributed by atoms with Crippen LogP contribution < -0.4 is 5.32 Å². The predicted octanol–water partition coefficient (Wildman–Crippen LogP) is 2.28. The van der Waals surface area contributed by atoms with E-state index in [1.165, 1.54) is 0 Å². The van der Waals surface area contributed by atoms with Gasteiger partial charge in [-0.3, -0.25) is 4.79 Å². The van der Waals surface area contributed by atoms with E-state index in [1.54, 1.807) is 6.21 Å². The van der Waals surface area contributed by atoms with Crippen LogP contribution in [0, 0.1) is 0 Å². The second-order valence-corrected chi connectivity index (χ2v) is 5.35. The van der Waals surface area contributed by atoms with Crippen molar-refractivity contribution in [1.82, 2.24) is 10.3 Å². The van der Waals surface area contributed by atoms with Crippen molar-refractivity contribution in [2.75, 3.05) is 0 Å². The lowest BCUT2D eigenvalue weighted by atomic mass is 9.82. The van der Waals surface area contributed by atoms with E-state index < -0.39 is 11.6 Å². The molecule has 0 aromatic heterocycles. The Morgan fingerprint density at radius 3 is 2.50 bits per heavy atom. The monoisotopic (exact) mass is 271 g/mol. The molecule has 104 valence electrons. The van der Waals surface area contributed by atoms with E-state index in [4.69, 9.17) is 0 Å². The van der Waals surface area contributed by atoms with E-state index in [9.17, 15) is 9.59 Å². The van der Waals surface area contributed by atoms with Crippen molar-refractivity contribution in [2.45, 2.75) is 37.6 Å². The van der Waals surface area contributed by atoms with Gasteiger partial charge in [0.1, 0.15) is 5.54 Å². The lowest BCUT2D eigenvalue weighted by Crippen LogP contribution is -2.48. The molecule has 20 heavy (non-hydrogen) atoms. The number of nitrogens with one attached hydrogen (secondary N) is 1. The average molecular weight is 271 g/mol. The van der Waals surface area contributed by atoms with Gasteiger partial charge in [0.15, 0.2) is 0 Å². The number of nitrogens with zero attached hydrogens (tertiary/aromatic N) is 2. The minimum absolute atomic E-state index is 0.214. The molecule has 1 heterocycles. The molecular weight excluding hydrogens is 254 g/mol. The minimum atomic E-state index is -0.705. The van der Waals surface area contributed by atoms with Gasteiger partial charge in [-0.15, -0.1) is 5.01 Å². The van der Waals surface area contributed by atoms with Crippen LogP contribution in [0.2, 0.25) is 0 Å². The highest BCUT2D eigenvalue weighted by atomic mass is 16.2. The smallest absolute Gasteiger partial charge is 0.321 e. The summed E-state index contributed by atoms with van der Waals surface area (Å²) < 4.78 is 0. The van der Waals surface area contributed by atoms with Crippen LogP contribution in [0.5, 0.6) is 0 Å². The molecule has 1 saturated heterocycles. The summed E-state index contributed by atoms with van der Waals surface area (Å²) in [6.45, 7) is 0. The molecule has 0 unspecified atom stereocenters. The number of hydrazone groups is 1. The van der Waals surface area contributed by atoms with Gasteiger partial charge >= 0.3 is 6.03 Å². The zero-order valence-electron chi connectivity index (χ0n) is 11.2. The standard InChI is InChI=1S/C15H17N3O2/c19-13-15(9-5-2-6-10-15)17-14(20)18(13)16-11-12-7-3-1-4-8-12/h1,3-4,7-8,11H,2,5-6,9-10H2,(H,17,20)/b16-11+. The van der Waals surface area contributed by atoms with Gasteiger partial charge in [0.05, 0.1) is 6.21 Å². The Labute approximate surface area is 117 Å². The van der Waals surface area contributed by atoms with Gasteiger partial charge in [-0.1, -0.05) is 49.6 Å². The molecule has 3 amide bonds. The van der Waals surface area contributed by atoms with E-state index >= 15 is 0 Å². The first-order chi connectivity index (χ1) is 9.71. The first kappa shape index (κ1) is 12.8. The van der Waals surface area contributed by atoms with Crippen LogP contribution in [-0.2, 0) is 4.79 Å². The molecule has 1 aliphatic heterocycles. The highest BCUT2D eigenvalue weighted by Crippen LogP contribution is 2.33. The largest absolute Gasteiger partial charge is 0.346 e. The number of carbonyl (C=O) groups is 2.